The van der Waals surface area contributed by atoms with Crippen molar-refractivity contribution in [3.63, 3.8) is 0 Å². The highest BCUT2D eigenvalue weighted by atomic mass is 17.2. The molecular weight excluding hydrogens is 152 g/mol. The van der Waals surface area contributed by atoms with Crippen LogP contribution in [0.2, 0.25) is 0 Å². The molecule has 64 valence electrons. The lowest BCUT2D eigenvalue weighted by Gasteiger charge is -2.25. The lowest BCUT2D eigenvalue weighted by atomic mass is 9.91. The van der Waals surface area contributed by atoms with Crippen LogP contribution in [-0.2, 0) is 14.7 Å². The summed E-state index contributed by atoms with van der Waals surface area (Å²) < 4.78 is 0. The zero-order valence-electron chi connectivity index (χ0n) is 5.84. The summed E-state index contributed by atoms with van der Waals surface area (Å²) in [5.41, 5.74) is 0. The molecule has 2 rings (SSSR count). The minimum Gasteiger partial charge on any atom is -0.390 e. The summed E-state index contributed by atoms with van der Waals surface area (Å²) in [4.78, 5) is 13.7. The number of aliphatic hydroxyl groups is 1. The van der Waals surface area contributed by atoms with Gasteiger partial charge in [0.15, 0.2) is 0 Å². The average Bonchev–Trinajstić information content (AvgIpc) is 2.43. The van der Waals surface area contributed by atoms with Crippen LogP contribution in [-0.4, -0.2) is 34.8 Å². The largest absolute Gasteiger partial charge is 0.390 e. The maximum absolute atomic E-state index is 9.30. The normalized spacial score (nSPS) is 49.6. The van der Waals surface area contributed by atoms with Crippen molar-refractivity contribution in [1.82, 2.24) is 0 Å². The Morgan fingerprint density at radius 3 is 2.64 bits per heavy atom. The van der Waals surface area contributed by atoms with Gasteiger partial charge in [-0.1, -0.05) is 0 Å². The minimum absolute atomic E-state index is 0.228. The molecule has 0 radical (unpaired) electrons. The maximum atomic E-state index is 9.30. The molecule has 0 spiro atoms. The highest BCUT2D eigenvalue weighted by molar-refractivity contribution is 4.89. The third-order valence-corrected chi connectivity index (χ3v) is 2.22. The van der Waals surface area contributed by atoms with Gasteiger partial charge in [-0.25, -0.2) is 14.7 Å². The second-order valence-electron chi connectivity index (χ2n) is 2.95. The Balaban J connectivity index is 2.05. The second-order valence-corrected chi connectivity index (χ2v) is 2.95. The number of rotatable bonds is 1. The summed E-state index contributed by atoms with van der Waals surface area (Å²) in [6, 6.07) is 0. The van der Waals surface area contributed by atoms with Crippen molar-refractivity contribution in [1.29, 1.82) is 0 Å². The molecule has 2 bridgehead atoms. The molecule has 4 atom stereocenters. The molecule has 5 nitrogen and oxygen atoms in total. The van der Waals surface area contributed by atoms with Crippen LogP contribution in [0.1, 0.15) is 12.8 Å². The summed E-state index contributed by atoms with van der Waals surface area (Å²) in [5.74, 6) is 0. The summed E-state index contributed by atoms with van der Waals surface area (Å²) >= 11 is 0. The van der Waals surface area contributed by atoms with Gasteiger partial charge in [0, 0.05) is 12.8 Å². The van der Waals surface area contributed by atoms with Gasteiger partial charge < -0.3 is 5.11 Å². The van der Waals surface area contributed by atoms with Crippen LogP contribution in [0.4, 0.5) is 0 Å². The lowest BCUT2D eigenvalue weighted by Crippen LogP contribution is -2.40. The summed E-state index contributed by atoms with van der Waals surface area (Å²) in [7, 11) is 0. The predicted molar refractivity (Wildman–Crippen MR) is 32.5 cm³/mol. The molecule has 1 saturated heterocycles. The van der Waals surface area contributed by atoms with Crippen molar-refractivity contribution in [2.75, 3.05) is 0 Å². The van der Waals surface area contributed by atoms with Gasteiger partial charge in [0.25, 0.3) is 0 Å². The first-order valence-electron chi connectivity index (χ1n) is 3.61. The lowest BCUT2D eigenvalue weighted by molar-refractivity contribution is -0.340. The van der Waals surface area contributed by atoms with Gasteiger partial charge in [0.2, 0.25) is 0 Å². The van der Waals surface area contributed by atoms with Crippen molar-refractivity contribution >= 4 is 0 Å². The van der Waals surface area contributed by atoms with Crippen molar-refractivity contribution in [3.05, 3.63) is 0 Å². The van der Waals surface area contributed by atoms with Gasteiger partial charge in [0.05, 0.1) is 6.10 Å². The molecule has 5 heteroatoms. The Morgan fingerprint density at radius 2 is 1.91 bits per heavy atom. The van der Waals surface area contributed by atoms with Crippen molar-refractivity contribution in [2.45, 2.75) is 37.3 Å². The quantitative estimate of drug-likeness (QED) is 0.409. The van der Waals surface area contributed by atoms with Crippen molar-refractivity contribution in [2.24, 2.45) is 0 Å². The Hall–Kier alpha value is -0.200. The third kappa shape index (κ3) is 1.15. The average molecular weight is 162 g/mol. The highest BCUT2D eigenvalue weighted by Crippen LogP contribution is 2.32. The van der Waals surface area contributed by atoms with Crippen LogP contribution >= 0.6 is 0 Å². The van der Waals surface area contributed by atoms with Crippen LogP contribution in [0.5, 0.6) is 0 Å². The van der Waals surface area contributed by atoms with Gasteiger partial charge in [-0.3, -0.25) is 5.26 Å². The van der Waals surface area contributed by atoms with E-state index in [0.29, 0.717) is 12.8 Å². The van der Waals surface area contributed by atoms with E-state index in [0.717, 1.165) is 0 Å². The standard InChI is InChI=1S/C6H10O5/c7-3-1-5(9-8)6-2-4(3)10-11-6/h3-8H,1-2H2/t3?,4-,5?,6+/m0/s1. The van der Waals surface area contributed by atoms with E-state index in [1.165, 1.54) is 0 Å². The second kappa shape index (κ2) is 2.69. The summed E-state index contributed by atoms with van der Waals surface area (Å²) in [5, 5.41) is 17.7. The van der Waals surface area contributed by atoms with Gasteiger partial charge in [-0.05, 0) is 0 Å². The van der Waals surface area contributed by atoms with E-state index in [1.54, 1.807) is 0 Å². The van der Waals surface area contributed by atoms with E-state index < -0.39 is 12.2 Å². The van der Waals surface area contributed by atoms with E-state index >= 15 is 0 Å². The van der Waals surface area contributed by atoms with E-state index in [9.17, 15) is 5.11 Å². The molecule has 1 aliphatic heterocycles. The van der Waals surface area contributed by atoms with Crippen molar-refractivity contribution < 1.29 is 25.0 Å². The molecule has 2 aliphatic rings. The topological polar surface area (TPSA) is 68.2 Å². The minimum atomic E-state index is -0.592. The Kier molecular flexibility index (Phi) is 1.82. The molecular formula is C6H10O5. The molecule has 0 aromatic rings. The van der Waals surface area contributed by atoms with E-state index in [2.05, 4.69) is 4.89 Å². The monoisotopic (exact) mass is 162 g/mol. The first kappa shape index (κ1) is 7.45. The molecule has 1 heterocycles. The van der Waals surface area contributed by atoms with E-state index in [-0.39, 0.29) is 12.2 Å². The predicted octanol–water partition coefficient (Wildman–Crippen LogP) is -0.302. The van der Waals surface area contributed by atoms with Gasteiger partial charge in [-0.15, -0.1) is 0 Å². The van der Waals surface area contributed by atoms with Crippen LogP contribution in [0.15, 0.2) is 0 Å². The molecule has 11 heavy (non-hydrogen) atoms. The van der Waals surface area contributed by atoms with Crippen molar-refractivity contribution in [3.8, 4) is 0 Å². The molecule has 2 fully saturated rings. The molecule has 0 aromatic heterocycles. The number of aliphatic hydroxyl groups excluding tert-OH is 1. The van der Waals surface area contributed by atoms with Crippen LogP contribution < -0.4 is 0 Å². The van der Waals surface area contributed by atoms with Gasteiger partial charge in [0.1, 0.15) is 18.3 Å². The Bertz CT molecular complexity index is 150. The fourth-order valence-electron chi connectivity index (χ4n) is 1.54. The van der Waals surface area contributed by atoms with Crippen LogP contribution in [0.25, 0.3) is 0 Å². The first-order valence-corrected chi connectivity index (χ1v) is 3.61. The Labute approximate surface area is 63.3 Å². The number of hydrogen-bond donors (Lipinski definition) is 2. The summed E-state index contributed by atoms with van der Waals surface area (Å²) in [6.07, 6.45) is -0.562. The van der Waals surface area contributed by atoms with Gasteiger partial charge >= 0.3 is 0 Å². The van der Waals surface area contributed by atoms with Gasteiger partial charge in [-0.2, -0.15) is 0 Å². The molecule has 1 aliphatic carbocycles. The molecule has 2 N–H and O–H groups in total. The number of fused-ring (bicyclic) bond motifs is 2. The third-order valence-electron chi connectivity index (χ3n) is 2.22. The van der Waals surface area contributed by atoms with Crippen LogP contribution in [0, 0.1) is 0 Å². The maximum Gasteiger partial charge on any atom is 0.125 e. The smallest absolute Gasteiger partial charge is 0.125 e. The highest BCUT2D eigenvalue weighted by Gasteiger charge is 2.45. The first-order chi connectivity index (χ1) is 5.31. The molecule has 2 unspecified atom stereocenters. The van der Waals surface area contributed by atoms with Crippen LogP contribution in [0.3, 0.4) is 0 Å². The molecule has 1 saturated carbocycles. The summed E-state index contributed by atoms with van der Waals surface area (Å²) in [6.45, 7) is 0. The fourth-order valence-corrected chi connectivity index (χ4v) is 1.54. The van der Waals surface area contributed by atoms with E-state index in [1.807, 2.05) is 0 Å². The SMILES string of the molecule is OOC1CC(O)[C@@H]2C[C@H]1OO2. The Morgan fingerprint density at radius 1 is 1.18 bits per heavy atom. The van der Waals surface area contributed by atoms with E-state index in [4.69, 9.17) is 15.0 Å². The zero-order valence-corrected chi connectivity index (χ0v) is 5.84. The molecule has 0 amide bonds. The zero-order chi connectivity index (χ0) is 7.84. The fraction of sp³-hybridized carbons (Fsp3) is 1.00. The molecule has 0 aromatic carbocycles. The number of hydrogen-bond acceptors (Lipinski definition) is 5.